The van der Waals surface area contributed by atoms with E-state index in [0.29, 0.717) is 11.4 Å². The highest BCUT2D eigenvalue weighted by molar-refractivity contribution is 6.07. The summed E-state index contributed by atoms with van der Waals surface area (Å²) in [6.07, 6.45) is 0. The fourth-order valence-electron chi connectivity index (χ4n) is 2.53. The Morgan fingerprint density at radius 2 is 1.83 bits per heavy atom. The van der Waals surface area contributed by atoms with E-state index in [1.807, 2.05) is 32.0 Å². The summed E-state index contributed by atoms with van der Waals surface area (Å²) in [7, 11) is 0. The van der Waals surface area contributed by atoms with Gasteiger partial charge in [0, 0.05) is 28.7 Å². The van der Waals surface area contributed by atoms with Crippen molar-refractivity contribution in [3.05, 3.63) is 69.4 Å². The van der Waals surface area contributed by atoms with Gasteiger partial charge in [0.05, 0.1) is 4.92 Å². The van der Waals surface area contributed by atoms with Crippen LogP contribution in [0.2, 0.25) is 0 Å². The fraction of sp³-hybridized carbons (Fsp3) is 0.118. The maximum absolute atomic E-state index is 12.4. The summed E-state index contributed by atoms with van der Waals surface area (Å²) in [5.74, 6) is -0.273. The van der Waals surface area contributed by atoms with E-state index in [1.165, 1.54) is 24.3 Å². The number of nitrogens with zero attached hydrogens (tertiary/aromatic N) is 1. The first-order chi connectivity index (χ1) is 11.0. The van der Waals surface area contributed by atoms with Crippen LogP contribution >= 0.6 is 0 Å². The quantitative estimate of drug-likeness (QED) is 0.567. The van der Waals surface area contributed by atoms with Gasteiger partial charge in [-0.15, -0.1) is 0 Å². The van der Waals surface area contributed by atoms with Crippen molar-refractivity contribution in [3.63, 3.8) is 0 Å². The van der Waals surface area contributed by atoms with Crippen LogP contribution < -0.4 is 5.32 Å². The predicted octanol–water partition coefficient (Wildman–Crippen LogP) is 3.95. The number of anilines is 1. The molecule has 0 bridgehead atoms. The second-order valence-electron chi connectivity index (χ2n) is 5.43. The number of aryl methyl sites for hydroxylation is 2. The highest BCUT2D eigenvalue weighted by Crippen LogP contribution is 2.24. The van der Waals surface area contributed by atoms with E-state index in [0.717, 1.165) is 22.0 Å². The smallest absolute Gasteiger partial charge is 0.272 e. The molecular formula is C17H15N3O3. The standard InChI is InChI=1S/C17H15N3O3/c1-10-3-8-15-14(9-10)11(2)16(19-15)17(21)18-12-4-6-13(7-5-12)20(22)23/h3-9,19H,1-2H3,(H,18,21). The Balaban J connectivity index is 1.88. The van der Waals surface area contributed by atoms with Gasteiger partial charge in [0.25, 0.3) is 11.6 Å². The minimum atomic E-state index is -0.476. The second-order valence-corrected chi connectivity index (χ2v) is 5.43. The molecule has 1 heterocycles. The van der Waals surface area contributed by atoms with Crippen molar-refractivity contribution in [1.82, 2.24) is 4.98 Å². The third-order valence-electron chi connectivity index (χ3n) is 3.78. The van der Waals surface area contributed by atoms with Crippen LogP contribution in [-0.2, 0) is 0 Å². The number of carbonyl (C=O) groups is 1. The maximum atomic E-state index is 12.4. The van der Waals surface area contributed by atoms with Gasteiger partial charge in [-0.2, -0.15) is 0 Å². The molecule has 0 aliphatic carbocycles. The van der Waals surface area contributed by atoms with Crippen molar-refractivity contribution in [2.24, 2.45) is 0 Å². The van der Waals surface area contributed by atoms with Gasteiger partial charge in [-0.25, -0.2) is 0 Å². The molecule has 0 radical (unpaired) electrons. The molecule has 0 saturated carbocycles. The Kier molecular flexibility index (Phi) is 3.57. The van der Waals surface area contributed by atoms with E-state index in [9.17, 15) is 14.9 Å². The first-order valence-corrected chi connectivity index (χ1v) is 7.10. The molecule has 6 heteroatoms. The monoisotopic (exact) mass is 309 g/mol. The Labute approximate surface area is 132 Å². The number of amides is 1. The predicted molar refractivity (Wildman–Crippen MR) is 88.8 cm³/mol. The summed E-state index contributed by atoms with van der Waals surface area (Å²) in [6.45, 7) is 3.89. The molecule has 6 nitrogen and oxygen atoms in total. The summed E-state index contributed by atoms with van der Waals surface area (Å²) in [6, 6.07) is 11.7. The van der Waals surface area contributed by atoms with Gasteiger partial charge in [-0.05, 0) is 43.7 Å². The summed E-state index contributed by atoms with van der Waals surface area (Å²) >= 11 is 0. The van der Waals surface area contributed by atoms with E-state index in [2.05, 4.69) is 10.3 Å². The molecule has 23 heavy (non-hydrogen) atoms. The van der Waals surface area contributed by atoms with Crippen LogP contribution in [-0.4, -0.2) is 15.8 Å². The number of nitrogens with one attached hydrogen (secondary N) is 2. The lowest BCUT2D eigenvalue weighted by atomic mass is 10.1. The van der Waals surface area contributed by atoms with Crippen molar-refractivity contribution in [3.8, 4) is 0 Å². The van der Waals surface area contributed by atoms with E-state index in [1.54, 1.807) is 0 Å². The van der Waals surface area contributed by atoms with Gasteiger partial charge in [-0.1, -0.05) is 11.6 Å². The molecule has 0 aliphatic heterocycles. The molecule has 2 aromatic carbocycles. The van der Waals surface area contributed by atoms with Gasteiger partial charge >= 0.3 is 0 Å². The lowest BCUT2D eigenvalue weighted by molar-refractivity contribution is -0.384. The van der Waals surface area contributed by atoms with Crippen LogP contribution in [0.1, 0.15) is 21.6 Å². The number of H-pyrrole nitrogens is 1. The van der Waals surface area contributed by atoms with Crippen LogP contribution in [0.4, 0.5) is 11.4 Å². The second kappa shape index (κ2) is 5.57. The number of hydrogen-bond acceptors (Lipinski definition) is 3. The molecule has 1 aromatic heterocycles. The molecule has 2 N–H and O–H groups in total. The van der Waals surface area contributed by atoms with Gasteiger partial charge in [0.1, 0.15) is 5.69 Å². The molecule has 116 valence electrons. The molecule has 0 aliphatic rings. The Hall–Kier alpha value is -3.15. The molecule has 0 spiro atoms. The van der Waals surface area contributed by atoms with Crippen molar-refractivity contribution >= 4 is 28.2 Å². The van der Waals surface area contributed by atoms with Gasteiger partial charge in [0.2, 0.25) is 0 Å². The molecular weight excluding hydrogens is 294 g/mol. The highest BCUT2D eigenvalue weighted by atomic mass is 16.6. The summed E-state index contributed by atoms with van der Waals surface area (Å²) in [4.78, 5) is 25.7. The minimum absolute atomic E-state index is 0.0136. The van der Waals surface area contributed by atoms with Crippen molar-refractivity contribution in [1.29, 1.82) is 0 Å². The molecule has 3 rings (SSSR count). The lowest BCUT2D eigenvalue weighted by Crippen LogP contribution is -2.13. The zero-order valence-corrected chi connectivity index (χ0v) is 12.7. The first kappa shape index (κ1) is 14.8. The van der Waals surface area contributed by atoms with E-state index < -0.39 is 4.92 Å². The fourth-order valence-corrected chi connectivity index (χ4v) is 2.53. The number of fused-ring (bicyclic) bond motifs is 1. The molecule has 1 amide bonds. The van der Waals surface area contributed by atoms with Crippen molar-refractivity contribution in [2.75, 3.05) is 5.32 Å². The zero-order valence-electron chi connectivity index (χ0n) is 12.7. The zero-order chi connectivity index (χ0) is 16.6. The molecule has 0 fully saturated rings. The summed E-state index contributed by atoms with van der Waals surface area (Å²) in [5, 5.41) is 14.4. The van der Waals surface area contributed by atoms with Gasteiger partial charge in [-0.3, -0.25) is 14.9 Å². The van der Waals surface area contributed by atoms with E-state index >= 15 is 0 Å². The lowest BCUT2D eigenvalue weighted by Gasteiger charge is -2.04. The largest absolute Gasteiger partial charge is 0.350 e. The number of aromatic nitrogens is 1. The SMILES string of the molecule is Cc1ccc2[nH]c(C(=O)Nc3ccc([N+](=O)[O-])cc3)c(C)c2c1. The topological polar surface area (TPSA) is 88.0 Å². The third kappa shape index (κ3) is 2.78. The van der Waals surface area contributed by atoms with Crippen LogP contribution in [0.25, 0.3) is 10.9 Å². The van der Waals surface area contributed by atoms with Crippen molar-refractivity contribution < 1.29 is 9.72 Å². The number of carbonyl (C=O) groups excluding carboxylic acids is 1. The Morgan fingerprint density at radius 1 is 1.13 bits per heavy atom. The third-order valence-corrected chi connectivity index (χ3v) is 3.78. The number of nitro groups is 1. The summed E-state index contributed by atoms with van der Waals surface area (Å²) in [5.41, 5.74) is 3.89. The average Bonchev–Trinajstić information content (AvgIpc) is 2.85. The number of aromatic amines is 1. The number of benzene rings is 2. The average molecular weight is 309 g/mol. The van der Waals surface area contributed by atoms with Crippen LogP contribution in [0.15, 0.2) is 42.5 Å². The molecule has 0 unspecified atom stereocenters. The van der Waals surface area contributed by atoms with E-state index in [-0.39, 0.29) is 11.6 Å². The number of rotatable bonds is 3. The number of nitro benzene ring substituents is 1. The normalized spacial score (nSPS) is 10.7. The first-order valence-electron chi connectivity index (χ1n) is 7.10. The number of hydrogen-bond donors (Lipinski definition) is 2. The van der Waals surface area contributed by atoms with Crippen LogP contribution in [0.3, 0.4) is 0 Å². The minimum Gasteiger partial charge on any atom is -0.350 e. The van der Waals surface area contributed by atoms with Crippen molar-refractivity contribution in [2.45, 2.75) is 13.8 Å². The van der Waals surface area contributed by atoms with E-state index in [4.69, 9.17) is 0 Å². The van der Waals surface area contributed by atoms with Crippen LogP contribution in [0, 0.1) is 24.0 Å². The van der Waals surface area contributed by atoms with Gasteiger partial charge in [0.15, 0.2) is 0 Å². The Morgan fingerprint density at radius 3 is 2.48 bits per heavy atom. The molecule has 3 aromatic rings. The number of non-ortho nitro benzene ring substituents is 1. The maximum Gasteiger partial charge on any atom is 0.272 e. The summed E-state index contributed by atoms with van der Waals surface area (Å²) < 4.78 is 0. The molecule has 0 saturated heterocycles. The van der Waals surface area contributed by atoms with Gasteiger partial charge < -0.3 is 10.3 Å². The molecule has 0 atom stereocenters. The van der Waals surface area contributed by atoms with Crippen LogP contribution in [0.5, 0.6) is 0 Å². The Bertz CT molecular complexity index is 911. The highest BCUT2D eigenvalue weighted by Gasteiger charge is 2.15.